The molecule has 4 heteroatoms. The zero-order valence-corrected chi connectivity index (χ0v) is 5.42. The van der Waals surface area contributed by atoms with Crippen LogP contribution in [0.5, 0.6) is 0 Å². The predicted octanol–water partition coefficient (Wildman–Crippen LogP) is -0.863. The van der Waals surface area contributed by atoms with Crippen LogP contribution in [0, 0.1) is 0 Å². The summed E-state index contributed by atoms with van der Waals surface area (Å²) in [5.41, 5.74) is 9.21. The third kappa shape index (κ3) is 1.65. The Kier molecular flexibility index (Phi) is 2.61. The van der Waals surface area contributed by atoms with Crippen LogP contribution in [-0.2, 0) is 4.79 Å². The Bertz CT molecular complexity index is 110. The molecule has 0 saturated carbocycles. The standard InChI is InChI=1S/C5H12N2O2/c1-2-5(7,3-6)4(8)9/h2-3,6-7H2,1H3,(H,8,9)/t5-/m0/s1. The molecular weight excluding hydrogens is 120 g/mol. The molecule has 9 heavy (non-hydrogen) atoms. The van der Waals surface area contributed by atoms with Gasteiger partial charge >= 0.3 is 5.97 Å². The Labute approximate surface area is 53.8 Å². The van der Waals surface area contributed by atoms with Crippen LogP contribution in [0.4, 0.5) is 0 Å². The summed E-state index contributed by atoms with van der Waals surface area (Å²) in [4.78, 5) is 10.3. The minimum absolute atomic E-state index is 0.0150. The second-order valence-corrected chi connectivity index (χ2v) is 2.02. The van der Waals surface area contributed by atoms with Gasteiger partial charge in [0.25, 0.3) is 0 Å². The lowest BCUT2D eigenvalue weighted by Gasteiger charge is -2.19. The first-order valence-electron chi connectivity index (χ1n) is 2.79. The molecule has 0 fully saturated rings. The monoisotopic (exact) mass is 132 g/mol. The smallest absolute Gasteiger partial charge is 0.324 e. The Morgan fingerprint density at radius 2 is 2.22 bits per heavy atom. The molecule has 1 atom stereocenters. The third-order valence-corrected chi connectivity index (χ3v) is 1.42. The van der Waals surface area contributed by atoms with Gasteiger partial charge in [0.2, 0.25) is 0 Å². The van der Waals surface area contributed by atoms with E-state index in [0.717, 1.165) is 0 Å². The average Bonchev–Trinajstić information content (AvgIpc) is 1.86. The van der Waals surface area contributed by atoms with Gasteiger partial charge in [0.1, 0.15) is 5.54 Å². The molecule has 0 aliphatic rings. The Hall–Kier alpha value is -0.610. The van der Waals surface area contributed by atoms with Crippen molar-refractivity contribution < 1.29 is 9.90 Å². The molecule has 0 aromatic rings. The molecule has 0 unspecified atom stereocenters. The van der Waals surface area contributed by atoms with Gasteiger partial charge in [-0.15, -0.1) is 0 Å². The molecule has 0 rings (SSSR count). The maximum absolute atomic E-state index is 10.3. The van der Waals surface area contributed by atoms with E-state index in [-0.39, 0.29) is 6.54 Å². The van der Waals surface area contributed by atoms with Crippen molar-refractivity contribution in [1.29, 1.82) is 0 Å². The van der Waals surface area contributed by atoms with Gasteiger partial charge in [-0.05, 0) is 6.42 Å². The van der Waals surface area contributed by atoms with Crippen molar-refractivity contribution in [1.82, 2.24) is 0 Å². The van der Waals surface area contributed by atoms with E-state index >= 15 is 0 Å². The molecule has 0 saturated heterocycles. The molecule has 5 N–H and O–H groups in total. The number of rotatable bonds is 3. The minimum Gasteiger partial charge on any atom is -0.480 e. The highest BCUT2D eigenvalue weighted by Gasteiger charge is 2.29. The second kappa shape index (κ2) is 2.80. The van der Waals surface area contributed by atoms with Crippen LogP contribution < -0.4 is 11.5 Å². The largest absolute Gasteiger partial charge is 0.480 e. The summed E-state index contributed by atoms with van der Waals surface area (Å²) >= 11 is 0. The van der Waals surface area contributed by atoms with Crippen LogP contribution in [0.3, 0.4) is 0 Å². The van der Waals surface area contributed by atoms with Crippen molar-refractivity contribution in [2.24, 2.45) is 11.5 Å². The maximum Gasteiger partial charge on any atom is 0.324 e. The number of hydrogen-bond acceptors (Lipinski definition) is 3. The summed E-state index contributed by atoms with van der Waals surface area (Å²) in [5.74, 6) is -1.03. The van der Waals surface area contributed by atoms with E-state index in [4.69, 9.17) is 16.6 Å². The van der Waals surface area contributed by atoms with Crippen molar-refractivity contribution in [2.45, 2.75) is 18.9 Å². The highest BCUT2D eigenvalue weighted by atomic mass is 16.4. The molecule has 0 aromatic heterocycles. The van der Waals surface area contributed by atoms with Gasteiger partial charge in [-0.3, -0.25) is 4.79 Å². The van der Waals surface area contributed by atoms with Crippen LogP contribution in [0.2, 0.25) is 0 Å². The van der Waals surface area contributed by atoms with Gasteiger partial charge in [0.05, 0.1) is 0 Å². The van der Waals surface area contributed by atoms with Gasteiger partial charge in [0, 0.05) is 6.54 Å². The molecule has 0 amide bonds. The molecular formula is C5H12N2O2. The van der Waals surface area contributed by atoms with E-state index in [1.807, 2.05) is 0 Å². The first-order valence-corrected chi connectivity index (χ1v) is 2.79. The van der Waals surface area contributed by atoms with Gasteiger partial charge in [-0.1, -0.05) is 6.92 Å². The number of carboxylic acid groups (broad SMARTS) is 1. The zero-order chi connectivity index (χ0) is 7.49. The molecule has 0 spiro atoms. The summed E-state index contributed by atoms with van der Waals surface area (Å²) in [6.45, 7) is 1.68. The van der Waals surface area contributed by atoms with Crippen LogP contribution in [0.1, 0.15) is 13.3 Å². The van der Waals surface area contributed by atoms with Crippen molar-refractivity contribution in [3.8, 4) is 0 Å². The van der Waals surface area contributed by atoms with E-state index < -0.39 is 11.5 Å². The average molecular weight is 132 g/mol. The van der Waals surface area contributed by atoms with Gasteiger partial charge in [-0.2, -0.15) is 0 Å². The number of hydrogen-bond donors (Lipinski definition) is 3. The molecule has 0 aliphatic heterocycles. The Morgan fingerprint density at radius 1 is 1.78 bits per heavy atom. The van der Waals surface area contributed by atoms with Gasteiger partial charge < -0.3 is 16.6 Å². The quantitative estimate of drug-likeness (QED) is 0.466. The lowest BCUT2D eigenvalue weighted by atomic mass is 9.99. The number of nitrogens with two attached hydrogens (primary N) is 2. The van der Waals surface area contributed by atoms with Crippen LogP contribution >= 0.6 is 0 Å². The first-order chi connectivity index (χ1) is 4.06. The van der Waals surface area contributed by atoms with Crippen molar-refractivity contribution in [3.63, 3.8) is 0 Å². The fraction of sp³-hybridized carbons (Fsp3) is 0.800. The van der Waals surface area contributed by atoms with E-state index in [9.17, 15) is 4.79 Å². The van der Waals surface area contributed by atoms with Crippen LogP contribution in [0.15, 0.2) is 0 Å². The summed E-state index contributed by atoms with van der Waals surface area (Å²) in [7, 11) is 0. The Morgan fingerprint density at radius 3 is 2.22 bits per heavy atom. The molecule has 0 aromatic carbocycles. The van der Waals surface area contributed by atoms with E-state index in [1.54, 1.807) is 6.92 Å². The third-order valence-electron chi connectivity index (χ3n) is 1.42. The molecule has 4 nitrogen and oxygen atoms in total. The minimum atomic E-state index is -1.22. The SMILES string of the molecule is CC[C@](N)(CN)C(=O)O. The van der Waals surface area contributed by atoms with Crippen molar-refractivity contribution in [3.05, 3.63) is 0 Å². The Balaban J connectivity index is 4.09. The number of aliphatic carboxylic acids is 1. The lowest BCUT2D eigenvalue weighted by Crippen LogP contribution is -2.53. The topological polar surface area (TPSA) is 89.3 Å². The molecule has 0 aliphatic carbocycles. The maximum atomic E-state index is 10.3. The summed E-state index contributed by atoms with van der Waals surface area (Å²) in [5, 5.41) is 8.43. The van der Waals surface area contributed by atoms with E-state index in [0.29, 0.717) is 6.42 Å². The van der Waals surface area contributed by atoms with Gasteiger partial charge in [0.15, 0.2) is 0 Å². The lowest BCUT2D eigenvalue weighted by molar-refractivity contribution is -0.143. The summed E-state index contributed by atoms with van der Waals surface area (Å²) in [6, 6.07) is 0. The predicted molar refractivity (Wildman–Crippen MR) is 33.9 cm³/mol. The molecule has 0 bridgehead atoms. The van der Waals surface area contributed by atoms with Crippen molar-refractivity contribution in [2.75, 3.05) is 6.54 Å². The van der Waals surface area contributed by atoms with Crippen LogP contribution in [0.25, 0.3) is 0 Å². The zero-order valence-electron chi connectivity index (χ0n) is 5.42. The van der Waals surface area contributed by atoms with Crippen molar-refractivity contribution >= 4 is 5.97 Å². The fourth-order valence-corrected chi connectivity index (χ4v) is 0.383. The number of carboxylic acids is 1. The number of carbonyl (C=O) groups is 1. The second-order valence-electron chi connectivity index (χ2n) is 2.02. The fourth-order valence-electron chi connectivity index (χ4n) is 0.383. The van der Waals surface area contributed by atoms with Gasteiger partial charge in [-0.25, -0.2) is 0 Å². The highest BCUT2D eigenvalue weighted by molar-refractivity contribution is 5.78. The first kappa shape index (κ1) is 8.39. The van der Waals surface area contributed by atoms with Crippen LogP contribution in [-0.4, -0.2) is 23.2 Å². The van der Waals surface area contributed by atoms with E-state index in [2.05, 4.69) is 0 Å². The molecule has 0 heterocycles. The summed E-state index contributed by atoms with van der Waals surface area (Å²) < 4.78 is 0. The molecule has 0 radical (unpaired) electrons. The highest BCUT2D eigenvalue weighted by Crippen LogP contribution is 2.02. The summed E-state index contributed by atoms with van der Waals surface area (Å²) in [6.07, 6.45) is 0.360. The van der Waals surface area contributed by atoms with E-state index in [1.165, 1.54) is 0 Å². The normalized spacial score (nSPS) is 16.8. The molecule has 54 valence electrons.